The summed E-state index contributed by atoms with van der Waals surface area (Å²) in [6.45, 7) is 9.37. The monoisotopic (exact) mass is 263 g/mol. The predicted molar refractivity (Wildman–Crippen MR) is 75.4 cm³/mol. The van der Waals surface area contributed by atoms with E-state index < -0.39 is 0 Å². The summed E-state index contributed by atoms with van der Waals surface area (Å²) in [6.07, 6.45) is 2.62. The largest absolute Gasteiger partial charge is 0.488 e. The standard InChI is InChI=1S/C15H21NO3/c1-3-5-12-6-7-13-15(19-11-10-17-13)14(12)18-9-8-16-4-2/h3,6-7,16H,1,4-5,8-11H2,2H3. The maximum atomic E-state index is 5.87. The molecule has 0 amide bonds. The third kappa shape index (κ3) is 3.41. The molecule has 1 N–H and O–H groups in total. The van der Waals surface area contributed by atoms with E-state index in [4.69, 9.17) is 14.2 Å². The molecular weight excluding hydrogens is 242 g/mol. The second-order valence-electron chi connectivity index (χ2n) is 4.27. The smallest absolute Gasteiger partial charge is 0.204 e. The number of hydrogen-bond donors (Lipinski definition) is 1. The summed E-state index contributed by atoms with van der Waals surface area (Å²) in [5.74, 6) is 2.27. The first kappa shape index (κ1) is 13.7. The summed E-state index contributed by atoms with van der Waals surface area (Å²) in [7, 11) is 0. The Morgan fingerprint density at radius 1 is 1.37 bits per heavy atom. The van der Waals surface area contributed by atoms with Crippen LogP contribution in [0.2, 0.25) is 0 Å². The second-order valence-corrected chi connectivity index (χ2v) is 4.27. The Kier molecular flexibility index (Phi) is 5.10. The molecule has 19 heavy (non-hydrogen) atoms. The fourth-order valence-corrected chi connectivity index (χ4v) is 2.01. The lowest BCUT2D eigenvalue weighted by Crippen LogP contribution is -2.22. The van der Waals surface area contributed by atoms with E-state index >= 15 is 0 Å². The minimum absolute atomic E-state index is 0.564. The molecule has 1 aliphatic heterocycles. The highest BCUT2D eigenvalue weighted by molar-refractivity contribution is 5.56. The molecule has 0 saturated heterocycles. The zero-order chi connectivity index (χ0) is 13.5. The second kappa shape index (κ2) is 7.04. The molecule has 0 spiro atoms. The fraction of sp³-hybridized carbons (Fsp3) is 0.467. The van der Waals surface area contributed by atoms with E-state index in [9.17, 15) is 0 Å². The van der Waals surface area contributed by atoms with Crippen LogP contribution in [0.25, 0.3) is 0 Å². The highest BCUT2D eigenvalue weighted by atomic mass is 16.6. The van der Waals surface area contributed by atoms with Crippen molar-refractivity contribution in [3.05, 3.63) is 30.4 Å². The molecule has 0 radical (unpaired) electrons. The SMILES string of the molecule is C=CCc1ccc2c(c1OCCNCC)OCCO2. The van der Waals surface area contributed by atoms with Gasteiger partial charge in [-0.3, -0.25) is 0 Å². The summed E-state index contributed by atoms with van der Waals surface area (Å²) in [4.78, 5) is 0. The van der Waals surface area contributed by atoms with Crippen molar-refractivity contribution in [2.45, 2.75) is 13.3 Å². The number of benzene rings is 1. The molecule has 0 aliphatic carbocycles. The van der Waals surface area contributed by atoms with Gasteiger partial charge in [0.15, 0.2) is 11.5 Å². The molecule has 1 aliphatic rings. The van der Waals surface area contributed by atoms with E-state index in [0.29, 0.717) is 19.8 Å². The van der Waals surface area contributed by atoms with Crippen LogP contribution in [-0.4, -0.2) is 32.9 Å². The van der Waals surface area contributed by atoms with E-state index in [1.807, 2.05) is 18.2 Å². The van der Waals surface area contributed by atoms with Gasteiger partial charge in [-0.05, 0) is 19.0 Å². The van der Waals surface area contributed by atoms with Gasteiger partial charge in [0.25, 0.3) is 0 Å². The first-order valence-corrected chi connectivity index (χ1v) is 6.72. The molecule has 1 aromatic carbocycles. The first-order valence-electron chi connectivity index (χ1n) is 6.72. The molecule has 0 atom stereocenters. The average molecular weight is 263 g/mol. The molecule has 1 aromatic rings. The van der Waals surface area contributed by atoms with Crippen molar-refractivity contribution in [3.63, 3.8) is 0 Å². The number of nitrogens with one attached hydrogen (secondary N) is 1. The van der Waals surface area contributed by atoms with Crippen LogP contribution in [0.4, 0.5) is 0 Å². The maximum absolute atomic E-state index is 5.87. The zero-order valence-electron chi connectivity index (χ0n) is 11.4. The highest BCUT2D eigenvalue weighted by Crippen LogP contribution is 2.42. The van der Waals surface area contributed by atoms with Gasteiger partial charge in [-0.1, -0.05) is 19.1 Å². The van der Waals surface area contributed by atoms with Crippen LogP contribution >= 0.6 is 0 Å². The quantitative estimate of drug-likeness (QED) is 0.604. The molecule has 0 fully saturated rings. The number of rotatable bonds is 7. The summed E-state index contributed by atoms with van der Waals surface area (Å²) < 4.78 is 17.1. The number of fused-ring (bicyclic) bond motifs is 1. The van der Waals surface area contributed by atoms with Crippen LogP contribution in [0.1, 0.15) is 12.5 Å². The number of allylic oxidation sites excluding steroid dienone is 1. The summed E-state index contributed by atoms with van der Waals surface area (Å²) in [6, 6.07) is 3.95. The lowest BCUT2D eigenvalue weighted by Gasteiger charge is -2.23. The van der Waals surface area contributed by atoms with Crippen molar-refractivity contribution in [3.8, 4) is 17.2 Å². The van der Waals surface area contributed by atoms with Gasteiger partial charge in [-0.25, -0.2) is 0 Å². The molecule has 1 heterocycles. The first-order chi connectivity index (χ1) is 9.36. The molecule has 2 rings (SSSR count). The summed E-state index contributed by atoms with van der Waals surface area (Å²) >= 11 is 0. The highest BCUT2D eigenvalue weighted by Gasteiger charge is 2.20. The van der Waals surface area contributed by atoms with Crippen LogP contribution in [0.15, 0.2) is 24.8 Å². The van der Waals surface area contributed by atoms with Crippen LogP contribution in [-0.2, 0) is 6.42 Å². The van der Waals surface area contributed by atoms with Gasteiger partial charge in [0, 0.05) is 12.1 Å². The lowest BCUT2D eigenvalue weighted by atomic mass is 10.1. The number of likely N-dealkylation sites (N-methyl/N-ethyl adjacent to an activating group) is 1. The molecular formula is C15H21NO3. The van der Waals surface area contributed by atoms with Gasteiger partial charge >= 0.3 is 0 Å². The van der Waals surface area contributed by atoms with Crippen molar-refractivity contribution in [2.75, 3.05) is 32.9 Å². The molecule has 4 nitrogen and oxygen atoms in total. The Bertz CT molecular complexity index is 432. The van der Waals surface area contributed by atoms with Gasteiger partial charge in [-0.15, -0.1) is 6.58 Å². The van der Waals surface area contributed by atoms with Crippen LogP contribution in [0.3, 0.4) is 0 Å². The topological polar surface area (TPSA) is 39.7 Å². The Labute approximate surface area is 114 Å². The van der Waals surface area contributed by atoms with Crippen molar-refractivity contribution in [1.29, 1.82) is 0 Å². The molecule has 4 heteroatoms. The minimum atomic E-state index is 0.564. The molecule has 0 aromatic heterocycles. The molecule has 0 unspecified atom stereocenters. The van der Waals surface area contributed by atoms with Gasteiger partial charge in [0.1, 0.15) is 19.8 Å². The van der Waals surface area contributed by atoms with Crippen LogP contribution in [0.5, 0.6) is 17.2 Å². The summed E-state index contributed by atoms with van der Waals surface area (Å²) in [5.41, 5.74) is 1.08. The number of hydrogen-bond acceptors (Lipinski definition) is 4. The Morgan fingerprint density at radius 2 is 2.21 bits per heavy atom. The van der Waals surface area contributed by atoms with E-state index in [1.54, 1.807) is 0 Å². The zero-order valence-corrected chi connectivity index (χ0v) is 11.4. The Balaban J connectivity index is 2.17. The van der Waals surface area contributed by atoms with Crippen LogP contribution in [0, 0.1) is 0 Å². The number of ether oxygens (including phenoxy) is 3. The maximum Gasteiger partial charge on any atom is 0.204 e. The normalized spacial score (nSPS) is 13.1. The van der Waals surface area contributed by atoms with E-state index in [1.165, 1.54) is 0 Å². The van der Waals surface area contributed by atoms with Crippen molar-refractivity contribution < 1.29 is 14.2 Å². The summed E-state index contributed by atoms with van der Waals surface area (Å²) in [5, 5.41) is 3.23. The fourth-order valence-electron chi connectivity index (χ4n) is 2.01. The molecule has 0 bridgehead atoms. The predicted octanol–water partition coefficient (Wildman–Crippen LogP) is 2.17. The van der Waals surface area contributed by atoms with Crippen molar-refractivity contribution >= 4 is 0 Å². The Hall–Kier alpha value is -1.68. The van der Waals surface area contributed by atoms with E-state index in [0.717, 1.165) is 42.3 Å². The van der Waals surface area contributed by atoms with E-state index in [2.05, 4.69) is 18.8 Å². The average Bonchev–Trinajstić information content (AvgIpc) is 2.45. The molecule has 0 saturated carbocycles. The van der Waals surface area contributed by atoms with Gasteiger partial charge in [-0.2, -0.15) is 0 Å². The molecule has 104 valence electrons. The van der Waals surface area contributed by atoms with Gasteiger partial charge in [0.05, 0.1) is 0 Å². The van der Waals surface area contributed by atoms with Crippen LogP contribution < -0.4 is 19.5 Å². The van der Waals surface area contributed by atoms with Gasteiger partial charge in [0.2, 0.25) is 5.75 Å². The van der Waals surface area contributed by atoms with Crippen molar-refractivity contribution in [1.82, 2.24) is 5.32 Å². The van der Waals surface area contributed by atoms with Gasteiger partial charge < -0.3 is 19.5 Å². The third-order valence-electron chi connectivity index (χ3n) is 2.88. The third-order valence-corrected chi connectivity index (χ3v) is 2.88. The Morgan fingerprint density at radius 3 is 3.00 bits per heavy atom. The minimum Gasteiger partial charge on any atom is -0.488 e. The van der Waals surface area contributed by atoms with Crippen molar-refractivity contribution in [2.24, 2.45) is 0 Å². The van der Waals surface area contributed by atoms with E-state index in [-0.39, 0.29) is 0 Å². The lowest BCUT2D eigenvalue weighted by molar-refractivity contribution is 0.161.